The molecule has 84 valence electrons. The smallest absolute Gasteiger partial charge is 0.138 e. The Hall–Kier alpha value is -1.84. The molecule has 0 fully saturated rings. The van der Waals surface area contributed by atoms with Crippen LogP contribution in [-0.4, -0.2) is 21.4 Å². The van der Waals surface area contributed by atoms with E-state index in [9.17, 15) is 0 Å². The van der Waals surface area contributed by atoms with Crippen LogP contribution < -0.4 is 0 Å². The van der Waals surface area contributed by atoms with E-state index in [4.69, 9.17) is 4.74 Å². The van der Waals surface area contributed by atoms with Crippen molar-refractivity contribution in [1.29, 1.82) is 0 Å². The number of fused-ring (bicyclic) bond motifs is 1. The normalized spacial score (nSPS) is 10.7. The first kappa shape index (κ1) is 10.7. The molecule has 16 heavy (non-hydrogen) atoms. The van der Waals surface area contributed by atoms with E-state index in [1.807, 2.05) is 31.8 Å². The topological polar surface area (TPSA) is 39.9 Å². The second-order valence-corrected chi connectivity index (χ2v) is 3.66. The molecule has 2 aromatic rings. The van der Waals surface area contributed by atoms with Gasteiger partial charge in [-0.2, -0.15) is 5.10 Å². The van der Waals surface area contributed by atoms with E-state index in [1.54, 1.807) is 6.20 Å². The van der Waals surface area contributed by atoms with E-state index < -0.39 is 0 Å². The maximum absolute atomic E-state index is 5.38. The number of aryl methyl sites for hydroxylation is 2. The molecule has 2 heterocycles. The van der Waals surface area contributed by atoms with Gasteiger partial charge in [0.1, 0.15) is 11.5 Å². The zero-order chi connectivity index (χ0) is 11.7. The zero-order valence-corrected chi connectivity index (χ0v) is 9.82. The summed E-state index contributed by atoms with van der Waals surface area (Å²) in [4.78, 5) is 4.37. The summed E-state index contributed by atoms with van der Waals surface area (Å²) in [6.45, 7) is 8.42. The summed E-state index contributed by atoms with van der Waals surface area (Å²) >= 11 is 0. The van der Waals surface area contributed by atoms with Gasteiger partial charge in [0.25, 0.3) is 0 Å². The quantitative estimate of drug-likeness (QED) is 0.740. The van der Waals surface area contributed by atoms with Crippen molar-refractivity contribution in [3.63, 3.8) is 0 Å². The van der Waals surface area contributed by atoms with Crippen LogP contribution in [0.2, 0.25) is 0 Å². The van der Waals surface area contributed by atoms with Crippen LogP contribution in [0.1, 0.15) is 18.2 Å². The average Bonchev–Trinajstić information content (AvgIpc) is 2.62. The van der Waals surface area contributed by atoms with Gasteiger partial charge in [0.05, 0.1) is 24.5 Å². The lowest BCUT2D eigenvalue weighted by molar-refractivity contribution is 0.297. The van der Waals surface area contributed by atoms with Gasteiger partial charge in [0, 0.05) is 12.4 Å². The van der Waals surface area contributed by atoms with Gasteiger partial charge >= 0.3 is 0 Å². The Morgan fingerprint density at radius 3 is 2.94 bits per heavy atom. The number of ether oxygens (including phenoxy) is 1. The fourth-order valence-corrected chi connectivity index (χ4v) is 1.76. The van der Waals surface area contributed by atoms with Crippen molar-refractivity contribution in [2.24, 2.45) is 7.05 Å². The molecule has 0 aromatic carbocycles. The molecular formula is C12H15N3O. The first-order valence-electron chi connectivity index (χ1n) is 5.24. The summed E-state index contributed by atoms with van der Waals surface area (Å²) in [6.07, 6.45) is 3.64. The van der Waals surface area contributed by atoms with E-state index in [2.05, 4.69) is 16.7 Å². The van der Waals surface area contributed by atoms with Gasteiger partial charge in [0.15, 0.2) is 0 Å². The minimum absolute atomic E-state index is 0.602. The predicted molar refractivity (Wildman–Crippen MR) is 63.9 cm³/mol. The lowest BCUT2D eigenvalue weighted by atomic mass is 10.1. The highest BCUT2D eigenvalue weighted by Crippen LogP contribution is 2.23. The molecule has 0 aliphatic carbocycles. The summed E-state index contributed by atoms with van der Waals surface area (Å²) < 4.78 is 7.19. The van der Waals surface area contributed by atoms with Crippen LogP contribution in [0.4, 0.5) is 0 Å². The standard InChI is InChI=1S/C12H15N3O/c1-5-16-9(3)12-8(2)10-6-14-15(4)11(10)7-13-12/h6-7H,3,5H2,1-2,4H3. The van der Waals surface area contributed by atoms with Crippen LogP contribution in [0, 0.1) is 6.92 Å². The maximum atomic E-state index is 5.38. The van der Waals surface area contributed by atoms with E-state index in [0.717, 1.165) is 22.2 Å². The number of hydrogen-bond donors (Lipinski definition) is 0. The Balaban J connectivity index is 2.56. The van der Waals surface area contributed by atoms with Gasteiger partial charge in [0.2, 0.25) is 0 Å². The Morgan fingerprint density at radius 1 is 1.50 bits per heavy atom. The molecular weight excluding hydrogens is 202 g/mol. The molecule has 0 aliphatic rings. The van der Waals surface area contributed by atoms with Crippen molar-refractivity contribution in [2.45, 2.75) is 13.8 Å². The van der Waals surface area contributed by atoms with E-state index in [-0.39, 0.29) is 0 Å². The lowest BCUT2D eigenvalue weighted by Gasteiger charge is -2.09. The molecule has 0 unspecified atom stereocenters. The molecule has 0 atom stereocenters. The molecule has 0 spiro atoms. The van der Waals surface area contributed by atoms with Crippen LogP contribution in [0.5, 0.6) is 0 Å². The minimum atomic E-state index is 0.602. The molecule has 0 amide bonds. The Labute approximate surface area is 94.6 Å². The Bertz CT molecular complexity index is 542. The van der Waals surface area contributed by atoms with Gasteiger partial charge in [-0.1, -0.05) is 6.58 Å². The Morgan fingerprint density at radius 2 is 2.25 bits per heavy atom. The largest absolute Gasteiger partial charge is 0.492 e. The average molecular weight is 217 g/mol. The third-order valence-electron chi connectivity index (χ3n) is 2.64. The van der Waals surface area contributed by atoms with Crippen LogP contribution in [0.25, 0.3) is 16.7 Å². The Kier molecular flexibility index (Phi) is 2.64. The van der Waals surface area contributed by atoms with E-state index in [1.165, 1.54) is 0 Å². The lowest BCUT2D eigenvalue weighted by Crippen LogP contribution is -1.98. The molecule has 0 N–H and O–H groups in total. The number of hydrogen-bond acceptors (Lipinski definition) is 3. The molecule has 0 radical (unpaired) electrons. The molecule has 2 aromatic heterocycles. The monoisotopic (exact) mass is 217 g/mol. The van der Waals surface area contributed by atoms with E-state index in [0.29, 0.717) is 12.4 Å². The fraction of sp³-hybridized carbons (Fsp3) is 0.333. The first-order chi connectivity index (χ1) is 7.65. The van der Waals surface area contributed by atoms with Gasteiger partial charge in [-0.3, -0.25) is 9.67 Å². The second-order valence-electron chi connectivity index (χ2n) is 3.66. The molecule has 4 heteroatoms. The molecule has 2 rings (SSSR count). The fourth-order valence-electron chi connectivity index (χ4n) is 1.76. The molecule has 0 saturated carbocycles. The van der Waals surface area contributed by atoms with Gasteiger partial charge < -0.3 is 4.74 Å². The van der Waals surface area contributed by atoms with Crippen molar-refractivity contribution in [2.75, 3.05) is 6.61 Å². The second kappa shape index (κ2) is 3.96. The highest BCUT2D eigenvalue weighted by Gasteiger charge is 2.11. The van der Waals surface area contributed by atoms with Crippen molar-refractivity contribution in [1.82, 2.24) is 14.8 Å². The van der Waals surface area contributed by atoms with Gasteiger partial charge in [-0.05, 0) is 19.4 Å². The van der Waals surface area contributed by atoms with Crippen LogP contribution in [0.3, 0.4) is 0 Å². The van der Waals surface area contributed by atoms with Gasteiger partial charge in [-0.25, -0.2) is 0 Å². The van der Waals surface area contributed by atoms with Gasteiger partial charge in [-0.15, -0.1) is 0 Å². The third-order valence-corrected chi connectivity index (χ3v) is 2.64. The van der Waals surface area contributed by atoms with Crippen molar-refractivity contribution < 1.29 is 4.74 Å². The van der Waals surface area contributed by atoms with Crippen molar-refractivity contribution in [3.05, 3.63) is 30.2 Å². The molecule has 4 nitrogen and oxygen atoms in total. The van der Waals surface area contributed by atoms with Crippen molar-refractivity contribution in [3.8, 4) is 0 Å². The van der Waals surface area contributed by atoms with E-state index >= 15 is 0 Å². The summed E-state index contributed by atoms with van der Waals surface area (Å²) in [5, 5.41) is 5.30. The summed E-state index contributed by atoms with van der Waals surface area (Å²) in [7, 11) is 1.90. The SMILES string of the molecule is C=C(OCC)c1ncc2c(cnn2C)c1C. The van der Waals surface area contributed by atoms with Crippen LogP contribution in [0.15, 0.2) is 19.0 Å². The van der Waals surface area contributed by atoms with Crippen molar-refractivity contribution >= 4 is 16.7 Å². The number of aromatic nitrogens is 3. The molecule has 0 saturated heterocycles. The number of rotatable bonds is 3. The summed E-state index contributed by atoms with van der Waals surface area (Å²) in [5.41, 5.74) is 2.89. The summed E-state index contributed by atoms with van der Waals surface area (Å²) in [5.74, 6) is 0.616. The maximum Gasteiger partial charge on any atom is 0.138 e. The van der Waals surface area contributed by atoms with Crippen LogP contribution >= 0.6 is 0 Å². The molecule has 0 bridgehead atoms. The third kappa shape index (κ3) is 1.56. The minimum Gasteiger partial charge on any atom is -0.492 e. The zero-order valence-electron chi connectivity index (χ0n) is 9.82. The predicted octanol–water partition coefficient (Wildman–Crippen LogP) is 2.28. The van der Waals surface area contributed by atoms with Crippen LogP contribution in [-0.2, 0) is 11.8 Å². The summed E-state index contributed by atoms with van der Waals surface area (Å²) in [6, 6.07) is 0. The highest BCUT2D eigenvalue weighted by atomic mass is 16.5. The first-order valence-corrected chi connectivity index (χ1v) is 5.24. The highest BCUT2D eigenvalue weighted by molar-refractivity contribution is 5.84. The number of pyridine rings is 1. The molecule has 0 aliphatic heterocycles. The number of nitrogens with zero attached hydrogens (tertiary/aromatic N) is 3.